The lowest BCUT2D eigenvalue weighted by Gasteiger charge is -2.41. The summed E-state index contributed by atoms with van der Waals surface area (Å²) in [7, 11) is 0. The second-order valence-electron chi connectivity index (χ2n) is 3.55. The van der Waals surface area contributed by atoms with Crippen LogP contribution in [-0.2, 0) is 0 Å². The summed E-state index contributed by atoms with van der Waals surface area (Å²) in [5.41, 5.74) is -0.442. The predicted octanol–water partition coefficient (Wildman–Crippen LogP) is -1.37. The van der Waals surface area contributed by atoms with Gasteiger partial charge in [0, 0.05) is 26.2 Å². The molecule has 1 rings (SSSR count). The average Bonchev–Trinajstić information content (AvgIpc) is 2.18. The molecule has 4 nitrogen and oxygen atoms in total. The lowest BCUT2D eigenvalue weighted by atomic mass is 10.0. The highest BCUT2D eigenvalue weighted by molar-refractivity contribution is 4.87. The molecule has 1 aliphatic heterocycles. The first-order valence-electron chi connectivity index (χ1n) is 4.40. The van der Waals surface area contributed by atoms with Gasteiger partial charge in [-0.15, -0.1) is 0 Å². The van der Waals surface area contributed by atoms with Crippen molar-refractivity contribution in [1.29, 1.82) is 0 Å². The van der Waals surface area contributed by atoms with Crippen LogP contribution in [0.15, 0.2) is 0 Å². The summed E-state index contributed by atoms with van der Waals surface area (Å²) in [5, 5.41) is 21.5. The molecule has 12 heavy (non-hydrogen) atoms. The Morgan fingerprint density at radius 1 is 1.25 bits per heavy atom. The SMILES string of the molecule is CC(CO)(CO)N1CCNCC1. The molecule has 0 saturated carbocycles. The summed E-state index contributed by atoms with van der Waals surface area (Å²) in [4.78, 5) is 2.13. The maximum Gasteiger partial charge on any atom is 0.0645 e. The molecule has 0 amide bonds. The zero-order valence-electron chi connectivity index (χ0n) is 7.58. The zero-order valence-corrected chi connectivity index (χ0v) is 7.58. The molecule has 0 unspecified atom stereocenters. The van der Waals surface area contributed by atoms with Crippen LogP contribution in [0.5, 0.6) is 0 Å². The number of rotatable bonds is 3. The number of hydrogen-bond donors (Lipinski definition) is 3. The van der Waals surface area contributed by atoms with Crippen molar-refractivity contribution in [2.45, 2.75) is 12.5 Å². The summed E-state index contributed by atoms with van der Waals surface area (Å²) in [5.74, 6) is 0. The molecule has 1 aliphatic rings. The normalized spacial score (nSPS) is 21.2. The molecule has 1 saturated heterocycles. The van der Waals surface area contributed by atoms with Gasteiger partial charge in [-0.1, -0.05) is 0 Å². The van der Waals surface area contributed by atoms with Crippen LogP contribution in [0, 0.1) is 0 Å². The van der Waals surface area contributed by atoms with Gasteiger partial charge in [0.25, 0.3) is 0 Å². The van der Waals surface area contributed by atoms with Crippen LogP contribution in [-0.4, -0.2) is 60.0 Å². The van der Waals surface area contributed by atoms with Crippen LogP contribution in [0.4, 0.5) is 0 Å². The van der Waals surface area contributed by atoms with Crippen molar-refractivity contribution in [3.8, 4) is 0 Å². The van der Waals surface area contributed by atoms with Crippen LogP contribution < -0.4 is 5.32 Å². The molecular formula is C8H18N2O2. The van der Waals surface area contributed by atoms with Gasteiger partial charge in [-0.3, -0.25) is 4.90 Å². The summed E-state index contributed by atoms with van der Waals surface area (Å²) in [6.07, 6.45) is 0. The molecule has 0 aliphatic carbocycles. The third-order valence-electron chi connectivity index (χ3n) is 2.56. The number of aliphatic hydroxyl groups is 2. The molecule has 0 spiro atoms. The first-order valence-corrected chi connectivity index (χ1v) is 4.40. The van der Waals surface area contributed by atoms with Gasteiger partial charge >= 0.3 is 0 Å². The fraction of sp³-hybridized carbons (Fsp3) is 1.00. The third kappa shape index (κ3) is 1.95. The number of nitrogens with one attached hydrogen (secondary N) is 1. The van der Waals surface area contributed by atoms with Gasteiger partial charge in [0.15, 0.2) is 0 Å². The molecule has 1 heterocycles. The quantitative estimate of drug-likeness (QED) is 0.494. The fourth-order valence-electron chi connectivity index (χ4n) is 1.45. The van der Waals surface area contributed by atoms with Crippen molar-refractivity contribution in [2.75, 3.05) is 39.4 Å². The Bertz CT molecular complexity index is 131. The Hall–Kier alpha value is -0.160. The maximum atomic E-state index is 9.12. The number of hydrogen-bond acceptors (Lipinski definition) is 4. The van der Waals surface area contributed by atoms with E-state index in [2.05, 4.69) is 10.2 Å². The monoisotopic (exact) mass is 174 g/mol. The molecule has 0 aromatic rings. The average molecular weight is 174 g/mol. The first kappa shape index (κ1) is 9.92. The van der Waals surface area contributed by atoms with Crippen molar-refractivity contribution in [3.63, 3.8) is 0 Å². The largest absolute Gasteiger partial charge is 0.394 e. The molecule has 0 bridgehead atoms. The van der Waals surface area contributed by atoms with Gasteiger partial charge in [0.1, 0.15) is 0 Å². The highest BCUT2D eigenvalue weighted by atomic mass is 16.3. The van der Waals surface area contributed by atoms with E-state index in [1.54, 1.807) is 0 Å². The minimum atomic E-state index is -0.442. The van der Waals surface area contributed by atoms with E-state index >= 15 is 0 Å². The Balaban J connectivity index is 2.51. The van der Waals surface area contributed by atoms with Gasteiger partial charge in [-0.2, -0.15) is 0 Å². The van der Waals surface area contributed by atoms with E-state index in [-0.39, 0.29) is 13.2 Å². The van der Waals surface area contributed by atoms with Crippen LogP contribution in [0.1, 0.15) is 6.92 Å². The van der Waals surface area contributed by atoms with E-state index in [1.807, 2.05) is 6.92 Å². The van der Waals surface area contributed by atoms with Crippen LogP contribution >= 0.6 is 0 Å². The summed E-state index contributed by atoms with van der Waals surface area (Å²) in [6.45, 7) is 5.60. The maximum absolute atomic E-state index is 9.12. The van der Waals surface area contributed by atoms with Gasteiger partial charge in [-0.05, 0) is 6.92 Å². The molecular weight excluding hydrogens is 156 g/mol. The van der Waals surface area contributed by atoms with E-state index < -0.39 is 5.54 Å². The van der Waals surface area contributed by atoms with E-state index in [4.69, 9.17) is 10.2 Å². The predicted molar refractivity (Wildman–Crippen MR) is 47.0 cm³/mol. The Morgan fingerprint density at radius 3 is 2.17 bits per heavy atom. The van der Waals surface area contributed by atoms with Crippen molar-refractivity contribution in [2.24, 2.45) is 0 Å². The van der Waals surface area contributed by atoms with Crippen molar-refractivity contribution < 1.29 is 10.2 Å². The molecule has 0 aromatic carbocycles. The number of aliphatic hydroxyl groups excluding tert-OH is 2. The highest BCUT2D eigenvalue weighted by Crippen LogP contribution is 2.13. The van der Waals surface area contributed by atoms with Crippen LogP contribution in [0.3, 0.4) is 0 Å². The van der Waals surface area contributed by atoms with Crippen molar-refractivity contribution in [3.05, 3.63) is 0 Å². The molecule has 72 valence electrons. The van der Waals surface area contributed by atoms with Crippen LogP contribution in [0.2, 0.25) is 0 Å². The van der Waals surface area contributed by atoms with E-state index in [0.29, 0.717) is 0 Å². The molecule has 0 atom stereocenters. The van der Waals surface area contributed by atoms with E-state index in [1.165, 1.54) is 0 Å². The van der Waals surface area contributed by atoms with Gasteiger partial charge in [-0.25, -0.2) is 0 Å². The van der Waals surface area contributed by atoms with Gasteiger partial charge in [0.05, 0.1) is 18.8 Å². The third-order valence-corrected chi connectivity index (χ3v) is 2.56. The molecule has 1 fully saturated rings. The van der Waals surface area contributed by atoms with Crippen molar-refractivity contribution >= 4 is 0 Å². The highest BCUT2D eigenvalue weighted by Gasteiger charge is 2.30. The lowest BCUT2D eigenvalue weighted by Crippen LogP contribution is -2.58. The minimum absolute atomic E-state index is 0.0174. The summed E-state index contributed by atoms with van der Waals surface area (Å²) in [6, 6.07) is 0. The molecule has 3 N–H and O–H groups in total. The zero-order chi connectivity index (χ0) is 9.03. The molecule has 0 radical (unpaired) electrons. The first-order chi connectivity index (χ1) is 5.73. The standard InChI is InChI=1S/C8H18N2O2/c1-8(6-11,7-12)10-4-2-9-3-5-10/h9,11-12H,2-7H2,1H3. The Labute approximate surface area is 73.2 Å². The Morgan fingerprint density at radius 2 is 1.75 bits per heavy atom. The second kappa shape index (κ2) is 4.18. The molecule has 0 aromatic heterocycles. The van der Waals surface area contributed by atoms with E-state index in [0.717, 1.165) is 26.2 Å². The lowest BCUT2D eigenvalue weighted by molar-refractivity contribution is -0.00686. The smallest absolute Gasteiger partial charge is 0.0645 e. The van der Waals surface area contributed by atoms with E-state index in [9.17, 15) is 0 Å². The van der Waals surface area contributed by atoms with Gasteiger partial charge < -0.3 is 15.5 Å². The molecule has 4 heteroatoms. The second-order valence-corrected chi connectivity index (χ2v) is 3.55. The van der Waals surface area contributed by atoms with Crippen LogP contribution in [0.25, 0.3) is 0 Å². The van der Waals surface area contributed by atoms with Crippen molar-refractivity contribution in [1.82, 2.24) is 10.2 Å². The van der Waals surface area contributed by atoms with Gasteiger partial charge in [0.2, 0.25) is 0 Å². The summed E-state index contributed by atoms with van der Waals surface area (Å²) >= 11 is 0. The minimum Gasteiger partial charge on any atom is -0.394 e. The number of nitrogens with zero attached hydrogens (tertiary/aromatic N) is 1. The summed E-state index contributed by atoms with van der Waals surface area (Å²) < 4.78 is 0. The fourth-order valence-corrected chi connectivity index (χ4v) is 1.45. The topological polar surface area (TPSA) is 55.7 Å². The number of piperazine rings is 1. The Kier molecular flexibility index (Phi) is 3.46.